The minimum atomic E-state index is -0.729. The van der Waals surface area contributed by atoms with Gasteiger partial charge in [-0.25, -0.2) is 4.79 Å². The zero-order valence-electron chi connectivity index (χ0n) is 13.9. The van der Waals surface area contributed by atoms with Gasteiger partial charge in [-0.2, -0.15) is 0 Å². The Balaban J connectivity index is 1.50. The molecule has 0 spiro atoms. The van der Waals surface area contributed by atoms with E-state index >= 15 is 0 Å². The number of carbonyl (C=O) groups is 3. The lowest BCUT2D eigenvalue weighted by atomic mass is 10.1. The number of rotatable bonds is 6. The van der Waals surface area contributed by atoms with Crippen LogP contribution in [0, 0.1) is 0 Å². The summed E-state index contributed by atoms with van der Waals surface area (Å²) in [6, 6.07) is 14.0. The van der Waals surface area contributed by atoms with E-state index in [9.17, 15) is 14.4 Å². The van der Waals surface area contributed by atoms with Crippen LogP contribution in [0.4, 0.5) is 0 Å². The Morgan fingerprint density at radius 2 is 1.74 bits per heavy atom. The van der Waals surface area contributed by atoms with Crippen molar-refractivity contribution in [2.24, 2.45) is 0 Å². The summed E-state index contributed by atoms with van der Waals surface area (Å²) in [4.78, 5) is 35.6. The zero-order valence-corrected chi connectivity index (χ0v) is 15.5. The minimum absolute atomic E-state index is 0.377. The summed E-state index contributed by atoms with van der Waals surface area (Å²) in [6.45, 7) is -0.946. The lowest BCUT2D eigenvalue weighted by Gasteiger charge is -2.10. The van der Waals surface area contributed by atoms with Crippen molar-refractivity contribution in [1.29, 1.82) is 0 Å². The van der Waals surface area contributed by atoms with Crippen molar-refractivity contribution in [2.45, 2.75) is 0 Å². The number of hydrogen-bond acceptors (Lipinski definition) is 6. The molecule has 138 valence electrons. The van der Waals surface area contributed by atoms with Crippen molar-refractivity contribution in [2.75, 3.05) is 13.2 Å². The van der Waals surface area contributed by atoms with Crippen molar-refractivity contribution < 1.29 is 23.9 Å². The Bertz CT molecular complexity index is 987. The molecule has 27 heavy (non-hydrogen) atoms. The number of fused-ring (bicyclic) bond motifs is 1. The molecule has 0 aliphatic carbocycles. The van der Waals surface area contributed by atoms with E-state index in [4.69, 9.17) is 21.1 Å². The molecule has 2 aromatic carbocycles. The van der Waals surface area contributed by atoms with E-state index in [0.29, 0.717) is 15.6 Å². The first kappa shape index (κ1) is 18.9. The molecule has 0 bridgehead atoms. The van der Waals surface area contributed by atoms with Crippen molar-refractivity contribution >= 4 is 51.5 Å². The highest BCUT2D eigenvalue weighted by atomic mass is 35.5. The van der Waals surface area contributed by atoms with Crippen LogP contribution in [0.3, 0.4) is 0 Å². The molecule has 0 saturated carbocycles. The smallest absolute Gasteiger partial charge is 0.344 e. The van der Waals surface area contributed by atoms with Gasteiger partial charge in [0.25, 0.3) is 11.8 Å². The maximum absolute atomic E-state index is 11.8. The van der Waals surface area contributed by atoms with Gasteiger partial charge >= 0.3 is 5.97 Å². The quantitative estimate of drug-likeness (QED) is 0.637. The predicted molar refractivity (Wildman–Crippen MR) is 102 cm³/mol. The van der Waals surface area contributed by atoms with Gasteiger partial charge in [0, 0.05) is 15.8 Å². The molecule has 2 amide bonds. The fourth-order valence-corrected chi connectivity index (χ4v) is 3.16. The molecule has 0 aliphatic heterocycles. The molecule has 1 N–H and O–H groups in total. The van der Waals surface area contributed by atoms with Gasteiger partial charge < -0.3 is 9.47 Å². The third-order valence-corrected chi connectivity index (χ3v) is 4.74. The number of imide groups is 1. The van der Waals surface area contributed by atoms with Crippen molar-refractivity contribution in [3.8, 4) is 5.75 Å². The van der Waals surface area contributed by atoms with E-state index < -0.39 is 24.4 Å². The van der Waals surface area contributed by atoms with Gasteiger partial charge in [-0.1, -0.05) is 41.9 Å². The predicted octanol–water partition coefficient (Wildman–Crippen LogP) is 3.43. The Morgan fingerprint density at radius 3 is 2.48 bits per heavy atom. The maximum atomic E-state index is 11.8. The Morgan fingerprint density at radius 1 is 0.963 bits per heavy atom. The average molecular weight is 404 g/mol. The molecule has 8 heteroatoms. The van der Waals surface area contributed by atoms with Crippen LogP contribution < -0.4 is 10.1 Å². The molecule has 1 aromatic heterocycles. The Hall–Kier alpha value is -2.90. The fourth-order valence-electron chi connectivity index (χ4n) is 2.32. The first-order valence-corrected chi connectivity index (χ1v) is 9.13. The average Bonchev–Trinajstić information content (AvgIpc) is 3.21. The van der Waals surface area contributed by atoms with Crippen molar-refractivity contribution in [3.63, 3.8) is 0 Å². The zero-order chi connectivity index (χ0) is 19.2. The van der Waals surface area contributed by atoms with Gasteiger partial charge in [-0.3, -0.25) is 14.9 Å². The van der Waals surface area contributed by atoms with Crippen LogP contribution in [0.2, 0.25) is 5.02 Å². The van der Waals surface area contributed by atoms with E-state index in [-0.39, 0.29) is 6.61 Å². The summed E-state index contributed by atoms with van der Waals surface area (Å²) in [5, 5.41) is 6.00. The Kier molecular flexibility index (Phi) is 6.05. The standard InChI is InChI=1S/C19H14ClNO5S/c20-14-7-8-15(13-5-2-1-4-12(13)14)25-11-18(23)26-10-17(22)21-19(24)16-6-3-9-27-16/h1-9H,10-11H2,(H,21,22,24). The summed E-state index contributed by atoms with van der Waals surface area (Å²) in [5.41, 5.74) is 0. The lowest BCUT2D eigenvalue weighted by Crippen LogP contribution is -2.34. The topological polar surface area (TPSA) is 81.7 Å². The second kappa shape index (κ2) is 8.66. The van der Waals surface area contributed by atoms with Crippen LogP contribution in [-0.4, -0.2) is 31.0 Å². The number of esters is 1. The third kappa shape index (κ3) is 4.84. The van der Waals surface area contributed by atoms with Crippen LogP contribution in [0.15, 0.2) is 53.9 Å². The number of nitrogens with one attached hydrogen (secondary N) is 1. The van der Waals surface area contributed by atoms with E-state index in [1.165, 1.54) is 11.3 Å². The van der Waals surface area contributed by atoms with Gasteiger partial charge in [0.1, 0.15) is 5.75 Å². The summed E-state index contributed by atoms with van der Waals surface area (Å²) < 4.78 is 10.3. The van der Waals surface area contributed by atoms with Gasteiger partial charge in [-0.05, 0) is 23.6 Å². The highest BCUT2D eigenvalue weighted by molar-refractivity contribution is 7.12. The summed E-state index contributed by atoms with van der Waals surface area (Å²) in [5.74, 6) is -1.49. The fraction of sp³-hybridized carbons (Fsp3) is 0.105. The normalized spacial score (nSPS) is 10.4. The molecule has 0 radical (unpaired) electrons. The first-order chi connectivity index (χ1) is 13.0. The van der Waals surface area contributed by atoms with Gasteiger partial charge in [-0.15, -0.1) is 11.3 Å². The van der Waals surface area contributed by atoms with Crippen molar-refractivity contribution in [1.82, 2.24) is 5.32 Å². The highest BCUT2D eigenvalue weighted by Crippen LogP contribution is 2.31. The number of hydrogen-bond donors (Lipinski definition) is 1. The van der Waals surface area contributed by atoms with Crippen LogP contribution in [0.5, 0.6) is 5.75 Å². The molecular formula is C19H14ClNO5S. The summed E-state index contributed by atoms with van der Waals surface area (Å²) in [7, 11) is 0. The molecule has 1 heterocycles. The summed E-state index contributed by atoms with van der Waals surface area (Å²) >= 11 is 7.34. The molecule has 0 fully saturated rings. The van der Waals surface area contributed by atoms with Gasteiger partial charge in [0.05, 0.1) is 4.88 Å². The van der Waals surface area contributed by atoms with Crippen molar-refractivity contribution in [3.05, 3.63) is 63.8 Å². The molecule has 0 atom stereocenters. The molecule has 6 nitrogen and oxygen atoms in total. The van der Waals surface area contributed by atoms with Crippen LogP contribution in [0.25, 0.3) is 10.8 Å². The van der Waals surface area contributed by atoms with Crippen LogP contribution in [-0.2, 0) is 14.3 Å². The lowest BCUT2D eigenvalue weighted by molar-refractivity contribution is -0.150. The molecule has 0 unspecified atom stereocenters. The van der Waals surface area contributed by atoms with Gasteiger partial charge in [0.2, 0.25) is 0 Å². The van der Waals surface area contributed by atoms with E-state index in [1.807, 2.05) is 24.3 Å². The van der Waals surface area contributed by atoms with Crippen LogP contribution >= 0.6 is 22.9 Å². The monoisotopic (exact) mass is 403 g/mol. The number of ether oxygens (including phenoxy) is 2. The second-order valence-electron chi connectivity index (χ2n) is 5.40. The SMILES string of the molecule is O=C(COC(=O)COc1ccc(Cl)c2ccccc12)NC(=O)c1cccs1. The number of benzene rings is 2. The molecule has 0 aliphatic rings. The molecular weight excluding hydrogens is 390 g/mol. The number of halogens is 1. The number of carbonyl (C=O) groups excluding carboxylic acids is 3. The molecule has 0 saturated heterocycles. The first-order valence-electron chi connectivity index (χ1n) is 7.88. The molecule has 3 rings (SSSR count). The molecule has 3 aromatic rings. The van der Waals surface area contributed by atoms with E-state index in [2.05, 4.69) is 5.32 Å². The second-order valence-corrected chi connectivity index (χ2v) is 6.75. The van der Waals surface area contributed by atoms with E-state index in [0.717, 1.165) is 10.8 Å². The largest absolute Gasteiger partial charge is 0.481 e. The number of thiophene rings is 1. The number of amides is 2. The summed E-state index contributed by atoms with van der Waals surface area (Å²) in [6.07, 6.45) is 0. The highest BCUT2D eigenvalue weighted by Gasteiger charge is 2.14. The Labute approximate surface area is 163 Å². The van der Waals surface area contributed by atoms with Gasteiger partial charge in [0.15, 0.2) is 13.2 Å². The maximum Gasteiger partial charge on any atom is 0.344 e. The third-order valence-electron chi connectivity index (χ3n) is 3.54. The van der Waals surface area contributed by atoms with E-state index in [1.54, 1.807) is 29.6 Å². The van der Waals surface area contributed by atoms with Crippen LogP contribution in [0.1, 0.15) is 9.67 Å². The minimum Gasteiger partial charge on any atom is -0.481 e.